The lowest BCUT2D eigenvalue weighted by molar-refractivity contribution is -0.174. The molecule has 4 nitrogen and oxygen atoms in total. The van der Waals surface area contributed by atoms with Crippen LogP contribution >= 0.6 is 0 Å². The van der Waals surface area contributed by atoms with Crippen LogP contribution in [-0.2, 0) is 14.3 Å². The molecule has 0 aliphatic heterocycles. The fraction of sp³-hybridized carbons (Fsp3) is 0.875. The normalized spacial score (nSPS) is 17.0. The van der Waals surface area contributed by atoms with Crippen molar-refractivity contribution in [3.8, 4) is 0 Å². The molecule has 82 valence electrons. The molecule has 0 bridgehead atoms. The maximum absolute atomic E-state index is 12.4. The number of halogens is 2. The van der Waals surface area contributed by atoms with Gasteiger partial charge >= 0.3 is 11.9 Å². The van der Waals surface area contributed by atoms with Crippen LogP contribution in [0.15, 0.2) is 0 Å². The highest BCUT2D eigenvalue weighted by molar-refractivity contribution is 5.75. The largest absolute Gasteiger partial charge is 0.477 e. The predicted molar refractivity (Wildman–Crippen MR) is 42.4 cm³/mol. The van der Waals surface area contributed by atoms with Gasteiger partial charge in [-0.1, -0.05) is 0 Å². The Morgan fingerprint density at radius 1 is 1.43 bits per heavy atom. The van der Waals surface area contributed by atoms with E-state index in [9.17, 15) is 13.6 Å². The molecule has 0 aromatic heterocycles. The smallest absolute Gasteiger partial charge is 0.377 e. The Labute approximate surface area is 79.8 Å². The van der Waals surface area contributed by atoms with Gasteiger partial charge in [0.25, 0.3) is 0 Å². The lowest BCUT2D eigenvalue weighted by Gasteiger charge is -2.11. The van der Waals surface area contributed by atoms with E-state index >= 15 is 0 Å². The molecule has 0 aromatic carbocycles. The average molecular weight is 210 g/mol. The molecular weight excluding hydrogens is 198 g/mol. The third-order valence-electron chi connectivity index (χ3n) is 1.70. The summed E-state index contributed by atoms with van der Waals surface area (Å²) in [6.07, 6.45) is 2.26. The monoisotopic (exact) mass is 210 g/mol. The Balaban J connectivity index is 1.98. The van der Waals surface area contributed by atoms with Crippen LogP contribution in [0.2, 0.25) is 0 Å². The molecule has 0 unspecified atom stereocenters. The molecule has 0 atom stereocenters. The van der Waals surface area contributed by atoms with Crippen LogP contribution in [0.5, 0.6) is 0 Å². The molecule has 14 heavy (non-hydrogen) atoms. The van der Waals surface area contributed by atoms with Crippen molar-refractivity contribution in [2.24, 2.45) is 0 Å². The molecule has 0 heterocycles. The summed E-state index contributed by atoms with van der Waals surface area (Å²) in [5, 5.41) is 8.03. The van der Waals surface area contributed by atoms with Gasteiger partial charge in [0, 0.05) is 0 Å². The quantitative estimate of drug-likeness (QED) is 0.634. The van der Waals surface area contributed by atoms with Crippen molar-refractivity contribution in [3.63, 3.8) is 0 Å². The average Bonchev–Trinajstić information content (AvgIpc) is 2.87. The van der Waals surface area contributed by atoms with Crippen LogP contribution in [0.25, 0.3) is 0 Å². The molecule has 1 fully saturated rings. The summed E-state index contributed by atoms with van der Waals surface area (Å²) >= 11 is 0. The summed E-state index contributed by atoms with van der Waals surface area (Å²) in [5.41, 5.74) is 0. The van der Waals surface area contributed by atoms with Gasteiger partial charge in [0.15, 0.2) is 0 Å². The van der Waals surface area contributed by atoms with Crippen LogP contribution in [0.4, 0.5) is 8.78 Å². The highest BCUT2D eigenvalue weighted by atomic mass is 19.3. The van der Waals surface area contributed by atoms with E-state index in [-0.39, 0.29) is 19.3 Å². The maximum atomic E-state index is 12.4. The SMILES string of the molecule is O=C(O)C(F)(F)COCCOC1CC1. The molecule has 0 spiro atoms. The number of carboxylic acids is 1. The zero-order valence-corrected chi connectivity index (χ0v) is 7.54. The summed E-state index contributed by atoms with van der Waals surface area (Å²) in [4.78, 5) is 9.94. The van der Waals surface area contributed by atoms with Gasteiger partial charge in [-0.05, 0) is 12.8 Å². The summed E-state index contributed by atoms with van der Waals surface area (Å²) < 4.78 is 34.4. The number of carbonyl (C=O) groups is 1. The zero-order valence-electron chi connectivity index (χ0n) is 7.54. The molecule has 1 aliphatic carbocycles. The number of hydrogen-bond acceptors (Lipinski definition) is 3. The fourth-order valence-electron chi connectivity index (χ4n) is 0.771. The van der Waals surface area contributed by atoms with Crippen LogP contribution < -0.4 is 0 Å². The van der Waals surface area contributed by atoms with Crippen molar-refractivity contribution in [3.05, 3.63) is 0 Å². The number of ether oxygens (including phenoxy) is 2. The van der Waals surface area contributed by atoms with Crippen LogP contribution in [0.3, 0.4) is 0 Å². The molecule has 1 saturated carbocycles. The van der Waals surface area contributed by atoms with Crippen molar-refractivity contribution in [1.29, 1.82) is 0 Å². The first kappa shape index (κ1) is 11.3. The highest BCUT2D eigenvalue weighted by Gasteiger charge is 2.39. The number of carboxylic acid groups (broad SMARTS) is 1. The van der Waals surface area contributed by atoms with E-state index < -0.39 is 18.5 Å². The van der Waals surface area contributed by atoms with Crippen molar-refractivity contribution in [2.75, 3.05) is 19.8 Å². The molecular formula is C8H12F2O4. The Hall–Kier alpha value is -0.750. The van der Waals surface area contributed by atoms with E-state index in [2.05, 4.69) is 4.74 Å². The highest BCUT2D eigenvalue weighted by Crippen LogP contribution is 2.23. The second-order valence-corrected chi connectivity index (χ2v) is 3.13. The molecule has 0 saturated heterocycles. The Morgan fingerprint density at radius 3 is 2.57 bits per heavy atom. The minimum atomic E-state index is -3.81. The number of rotatable bonds is 7. The first-order valence-corrected chi connectivity index (χ1v) is 4.33. The van der Waals surface area contributed by atoms with E-state index in [1.165, 1.54) is 0 Å². The van der Waals surface area contributed by atoms with Gasteiger partial charge in [0.1, 0.15) is 6.61 Å². The lowest BCUT2D eigenvalue weighted by Crippen LogP contribution is -2.34. The Morgan fingerprint density at radius 2 is 2.07 bits per heavy atom. The fourth-order valence-corrected chi connectivity index (χ4v) is 0.771. The number of aliphatic carboxylic acids is 1. The molecule has 6 heteroatoms. The zero-order chi connectivity index (χ0) is 10.6. The van der Waals surface area contributed by atoms with E-state index in [1.807, 2.05) is 0 Å². The lowest BCUT2D eigenvalue weighted by atomic mass is 10.4. The minimum Gasteiger partial charge on any atom is -0.477 e. The molecule has 1 aliphatic rings. The van der Waals surface area contributed by atoms with Gasteiger partial charge in [0.05, 0.1) is 19.3 Å². The van der Waals surface area contributed by atoms with Gasteiger partial charge in [0.2, 0.25) is 0 Å². The molecule has 1 rings (SSSR count). The molecule has 1 N–H and O–H groups in total. The van der Waals surface area contributed by atoms with Gasteiger partial charge in [-0.3, -0.25) is 0 Å². The summed E-state index contributed by atoms with van der Waals surface area (Å²) in [5.74, 6) is -5.97. The predicted octanol–water partition coefficient (Wildman–Crippen LogP) is 0.902. The number of hydrogen-bond donors (Lipinski definition) is 1. The minimum absolute atomic E-state index is 0.000625. The van der Waals surface area contributed by atoms with Crippen molar-refractivity contribution in [2.45, 2.75) is 24.9 Å². The summed E-state index contributed by atoms with van der Waals surface area (Å²) in [6.45, 7) is -0.865. The molecule has 0 radical (unpaired) electrons. The van der Waals surface area contributed by atoms with E-state index in [1.54, 1.807) is 0 Å². The third-order valence-corrected chi connectivity index (χ3v) is 1.70. The second kappa shape index (κ2) is 4.65. The van der Waals surface area contributed by atoms with Crippen molar-refractivity contribution < 1.29 is 28.2 Å². The van der Waals surface area contributed by atoms with E-state index in [0.29, 0.717) is 0 Å². The summed E-state index contributed by atoms with van der Waals surface area (Å²) in [7, 11) is 0. The van der Waals surface area contributed by atoms with Gasteiger partial charge in [-0.15, -0.1) is 0 Å². The van der Waals surface area contributed by atoms with Crippen molar-refractivity contribution >= 4 is 5.97 Å². The standard InChI is InChI=1S/C8H12F2O4/c9-8(10,7(11)12)5-13-3-4-14-6-1-2-6/h6H,1-5H2,(H,11,12). The van der Waals surface area contributed by atoms with Gasteiger partial charge < -0.3 is 14.6 Å². The maximum Gasteiger partial charge on any atom is 0.377 e. The van der Waals surface area contributed by atoms with Crippen LogP contribution in [0, 0.1) is 0 Å². The molecule has 0 aromatic rings. The van der Waals surface area contributed by atoms with Gasteiger partial charge in [-0.2, -0.15) is 8.78 Å². The Bertz CT molecular complexity index is 204. The second-order valence-electron chi connectivity index (χ2n) is 3.13. The first-order valence-electron chi connectivity index (χ1n) is 4.33. The van der Waals surface area contributed by atoms with Crippen LogP contribution in [0.1, 0.15) is 12.8 Å². The van der Waals surface area contributed by atoms with E-state index in [4.69, 9.17) is 9.84 Å². The third kappa shape index (κ3) is 3.97. The molecule has 0 amide bonds. The van der Waals surface area contributed by atoms with E-state index in [0.717, 1.165) is 12.8 Å². The van der Waals surface area contributed by atoms with Crippen LogP contribution in [-0.4, -0.2) is 42.9 Å². The van der Waals surface area contributed by atoms with Gasteiger partial charge in [-0.25, -0.2) is 4.79 Å². The van der Waals surface area contributed by atoms with Crippen molar-refractivity contribution in [1.82, 2.24) is 0 Å². The first-order chi connectivity index (χ1) is 6.52. The Kier molecular flexibility index (Phi) is 3.77. The topological polar surface area (TPSA) is 55.8 Å². The summed E-state index contributed by atoms with van der Waals surface area (Å²) in [6, 6.07) is 0. The number of alkyl halides is 2.